The summed E-state index contributed by atoms with van der Waals surface area (Å²) < 4.78 is 27.9. The van der Waals surface area contributed by atoms with E-state index >= 15 is 0 Å². The van der Waals surface area contributed by atoms with Crippen LogP contribution in [0.2, 0.25) is 0 Å². The predicted molar refractivity (Wildman–Crippen MR) is 77.2 cm³/mol. The molecule has 0 unspecified atom stereocenters. The van der Waals surface area contributed by atoms with Crippen LogP contribution in [0.25, 0.3) is 6.08 Å². The second-order valence-corrected chi connectivity index (χ2v) is 5.72. The molecule has 0 amide bonds. The van der Waals surface area contributed by atoms with Gasteiger partial charge in [-0.1, -0.05) is 31.2 Å². The molecular formula is C13H18N2O4S. The Balaban J connectivity index is 2.65. The van der Waals surface area contributed by atoms with E-state index in [-0.39, 0.29) is 6.54 Å². The van der Waals surface area contributed by atoms with Gasteiger partial charge >= 0.3 is 5.97 Å². The number of hydrogen-bond donors (Lipinski definition) is 3. The lowest BCUT2D eigenvalue weighted by molar-refractivity contribution is -0.131. The third-order valence-electron chi connectivity index (χ3n) is 2.38. The number of hydrogen-bond acceptors (Lipinski definition) is 3. The van der Waals surface area contributed by atoms with Gasteiger partial charge in [0.1, 0.15) is 0 Å². The molecule has 3 N–H and O–H groups in total. The lowest BCUT2D eigenvalue weighted by Crippen LogP contribution is -2.36. The van der Waals surface area contributed by atoms with Gasteiger partial charge in [0.05, 0.1) is 0 Å². The molecule has 1 rings (SSSR count). The zero-order valence-electron chi connectivity index (χ0n) is 11.2. The Labute approximate surface area is 118 Å². The Morgan fingerprint density at radius 3 is 2.75 bits per heavy atom. The molecule has 0 aliphatic carbocycles. The van der Waals surface area contributed by atoms with Gasteiger partial charge in [-0.2, -0.15) is 13.1 Å². The minimum atomic E-state index is -3.49. The van der Waals surface area contributed by atoms with Gasteiger partial charge < -0.3 is 5.11 Å². The number of carboxylic acid groups (broad SMARTS) is 1. The van der Waals surface area contributed by atoms with E-state index < -0.39 is 16.2 Å². The van der Waals surface area contributed by atoms with Crippen molar-refractivity contribution in [3.63, 3.8) is 0 Å². The number of nitrogens with one attached hydrogen (secondary N) is 2. The summed E-state index contributed by atoms with van der Waals surface area (Å²) in [7, 11) is -3.49. The highest BCUT2D eigenvalue weighted by atomic mass is 32.2. The van der Waals surface area contributed by atoms with E-state index in [2.05, 4.69) is 9.44 Å². The topological polar surface area (TPSA) is 95.5 Å². The summed E-state index contributed by atoms with van der Waals surface area (Å²) in [6.07, 6.45) is 3.21. The number of aliphatic carboxylic acids is 1. The lowest BCUT2D eigenvalue weighted by Gasteiger charge is -2.07. The maximum atomic E-state index is 11.5. The molecule has 0 spiro atoms. The largest absolute Gasteiger partial charge is 0.478 e. The molecule has 0 fully saturated rings. The van der Waals surface area contributed by atoms with Crippen LogP contribution in [0.3, 0.4) is 0 Å². The number of rotatable bonds is 8. The van der Waals surface area contributed by atoms with E-state index in [9.17, 15) is 13.2 Å². The van der Waals surface area contributed by atoms with Crippen LogP contribution >= 0.6 is 0 Å². The van der Waals surface area contributed by atoms with Gasteiger partial charge in [0.25, 0.3) is 10.2 Å². The Kier molecular flexibility index (Phi) is 6.37. The fourth-order valence-electron chi connectivity index (χ4n) is 1.44. The van der Waals surface area contributed by atoms with E-state index in [1.807, 2.05) is 6.92 Å². The molecule has 20 heavy (non-hydrogen) atoms. The van der Waals surface area contributed by atoms with Gasteiger partial charge in [0, 0.05) is 19.2 Å². The number of carboxylic acids is 1. The third-order valence-corrected chi connectivity index (χ3v) is 3.49. The van der Waals surface area contributed by atoms with Crippen molar-refractivity contribution in [2.75, 3.05) is 6.54 Å². The highest BCUT2D eigenvalue weighted by molar-refractivity contribution is 7.87. The Bertz CT molecular complexity index is 582. The van der Waals surface area contributed by atoms with Crippen LogP contribution in [0, 0.1) is 0 Å². The van der Waals surface area contributed by atoms with Gasteiger partial charge in [-0.05, 0) is 23.6 Å². The van der Waals surface area contributed by atoms with Crippen LogP contribution in [-0.4, -0.2) is 26.0 Å². The molecular weight excluding hydrogens is 280 g/mol. The van der Waals surface area contributed by atoms with Crippen molar-refractivity contribution >= 4 is 22.3 Å². The molecule has 0 radical (unpaired) electrons. The number of carbonyl (C=O) groups is 1. The maximum Gasteiger partial charge on any atom is 0.328 e. The monoisotopic (exact) mass is 298 g/mol. The predicted octanol–water partition coefficient (Wildman–Crippen LogP) is 1.12. The molecule has 0 saturated carbocycles. The summed E-state index contributed by atoms with van der Waals surface area (Å²) >= 11 is 0. The van der Waals surface area contributed by atoms with Gasteiger partial charge in [-0.25, -0.2) is 9.52 Å². The summed E-state index contributed by atoms with van der Waals surface area (Å²) in [5.41, 5.74) is 1.45. The van der Waals surface area contributed by atoms with Crippen LogP contribution in [0.15, 0.2) is 30.3 Å². The lowest BCUT2D eigenvalue weighted by atomic mass is 10.1. The minimum absolute atomic E-state index is 0.147. The summed E-state index contributed by atoms with van der Waals surface area (Å²) in [5.74, 6) is -1.03. The molecule has 6 nitrogen and oxygen atoms in total. The molecule has 0 aliphatic heterocycles. The van der Waals surface area contributed by atoms with Gasteiger partial charge in [0.15, 0.2) is 0 Å². The Hall–Kier alpha value is -1.70. The summed E-state index contributed by atoms with van der Waals surface area (Å²) in [6, 6.07) is 6.97. The Morgan fingerprint density at radius 2 is 2.10 bits per heavy atom. The van der Waals surface area contributed by atoms with Crippen molar-refractivity contribution in [2.45, 2.75) is 19.9 Å². The molecule has 110 valence electrons. The summed E-state index contributed by atoms with van der Waals surface area (Å²) in [5, 5.41) is 8.55. The van der Waals surface area contributed by atoms with Crippen molar-refractivity contribution in [2.24, 2.45) is 0 Å². The normalized spacial score (nSPS) is 11.8. The minimum Gasteiger partial charge on any atom is -0.478 e. The van der Waals surface area contributed by atoms with Crippen LogP contribution in [0.5, 0.6) is 0 Å². The molecule has 1 aromatic carbocycles. The van der Waals surface area contributed by atoms with E-state index in [4.69, 9.17) is 5.11 Å². The maximum absolute atomic E-state index is 11.5. The molecule has 0 bridgehead atoms. The highest BCUT2D eigenvalue weighted by Crippen LogP contribution is 2.07. The van der Waals surface area contributed by atoms with Crippen molar-refractivity contribution in [3.05, 3.63) is 41.5 Å². The molecule has 0 atom stereocenters. The SMILES string of the molecule is CCCNS(=O)(=O)NCc1cccc(/C=C/C(=O)O)c1. The summed E-state index contributed by atoms with van der Waals surface area (Å²) in [6.45, 7) is 2.41. The van der Waals surface area contributed by atoms with Crippen molar-refractivity contribution in [1.82, 2.24) is 9.44 Å². The second-order valence-electron chi connectivity index (χ2n) is 4.14. The van der Waals surface area contributed by atoms with Crippen LogP contribution in [0.1, 0.15) is 24.5 Å². The number of benzene rings is 1. The van der Waals surface area contributed by atoms with Gasteiger partial charge in [-0.15, -0.1) is 0 Å². The Morgan fingerprint density at radius 1 is 1.35 bits per heavy atom. The fraction of sp³-hybridized carbons (Fsp3) is 0.308. The third kappa shape index (κ3) is 6.46. The average molecular weight is 298 g/mol. The standard InChI is InChI=1S/C13H18N2O4S/c1-2-8-14-20(18,19)15-10-12-5-3-4-11(9-12)6-7-13(16)17/h3-7,9,14-15H,2,8,10H2,1H3,(H,16,17)/b7-6+. The fourth-order valence-corrected chi connectivity index (χ4v) is 2.37. The highest BCUT2D eigenvalue weighted by Gasteiger charge is 2.07. The first-order valence-electron chi connectivity index (χ1n) is 6.17. The van der Waals surface area contributed by atoms with E-state index in [0.29, 0.717) is 12.1 Å². The van der Waals surface area contributed by atoms with Crippen molar-refractivity contribution < 1.29 is 18.3 Å². The van der Waals surface area contributed by atoms with Crippen molar-refractivity contribution in [3.8, 4) is 0 Å². The smallest absolute Gasteiger partial charge is 0.328 e. The quantitative estimate of drug-likeness (QED) is 0.627. The van der Waals surface area contributed by atoms with E-state index in [1.54, 1.807) is 24.3 Å². The first-order chi connectivity index (χ1) is 9.43. The average Bonchev–Trinajstić information content (AvgIpc) is 2.41. The molecule has 7 heteroatoms. The first kappa shape index (κ1) is 16.4. The van der Waals surface area contributed by atoms with Crippen molar-refractivity contribution in [1.29, 1.82) is 0 Å². The molecule has 0 saturated heterocycles. The van der Waals surface area contributed by atoms with Crippen LogP contribution in [-0.2, 0) is 21.5 Å². The molecule has 0 aromatic heterocycles. The van der Waals surface area contributed by atoms with Crippen LogP contribution in [0.4, 0.5) is 0 Å². The molecule has 0 heterocycles. The zero-order valence-corrected chi connectivity index (χ0v) is 12.0. The molecule has 1 aromatic rings. The first-order valence-corrected chi connectivity index (χ1v) is 7.65. The van der Waals surface area contributed by atoms with Gasteiger partial charge in [-0.3, -0.25) is 0 Å². The van der Waals surface area contributed by atoms with E-state index in [1.165, 1.54) is 6.08 Å². The van der Waals surface area contributed by atoms with Crippen LogP contribution < -0.4 is 9.44 Å². The summed E-state index contributed by atoms with van der Waals surface area (Å²) in [4.78, 5) is 10.4. The second kappa shape index (κ2) is 7.78. The van der Waals surface area contributed by atoms with E-state index in [0.717, 1.165) is 18.1 Å². The van der Waals surface area contributed by atoms with Gasteiger partial charge in [0.2, 0.25) is 0 Å². The molecule has 0 aliphatic rings. The zero-order chi connectivity index (χ0) is 15.0.